The minimum atomic E-state index is -4.69. The molecule has 2 fully saturated rings. The third-order valence-corrected chi connectivity index (χ3v) is 8.68. The molecule has 1 N–H and O–H groups in total. The molecule has 2 aromatic heterocycles. The fraction of sp³-hybridized carbons (Fsp3) is 0.517. The highest BCUT2D eigenvalue weighted by Crippen LogP contribution is 2.38. The second-order valence-electron chi connectivity index (χ2n) is 10.8. The predicted octanol–water partition coefficient (Wildman–Crippen LogP) is 5.95. The number of piperidine rings is 1. The van der Waals surface area contributed by atoms with Crippen LogP contribution < -0.4 is 10.2 Å². The normalized spacial score (nSPS) is 18.3. The first kappa shape index (κ1) is 31.1. The van der Waals surface area contributed by atoms with Crippen molar-refractivity contribution in [2.75, 3.05) is 43.6 Å². The van der Waals surface area contributed by atoms with Crippen LogP contribution in [0.3, 0.4) is 0 Å². The number of anilines is 3. The van der Waals surface area contributed by atoms with Gasteiger partial charge in [-0.2, -0.15) is 13.2 Å². The van der Waals surface area contributed by atoms with Crippen molar-refractivity contribution in [1.82, 2.24) is 19.9 Å². The molecule has 0 saturated carbocycles. The zero-order chi connectivity index (χ0) is 30.7. The van der Waals surface area contributed by atoms with E-state index in [1.807, 2.05) is 0 Å². The highest BCUT2D eigenvalue weighted by atomic mass is 32.1. The molecule has 0 amide bonds. The number of alkyl halides is 3. The number of methoxy groups -OCH3 is 1. The number of nitrogens with zero attached hydrogens (tertiary/aromatic N) is 5. The van der Waals surface area contributed by atoms with E-state index in [4.69, 9.17) is 4.74 Å². The molecule has 0 radical (unpaired) electrons. The van der Waals surface area contributed by atoms with E-state index >= 15 is 0 Å². The summed E-state index contributed by atoms with van der Waals surface area (Å²) in [7, 11) is 1.32. The number of carbonyl (C=O) groups excluding carboxylic acids is 1. The summed E-state index contributed by atoms with van der Waals surface area (Å²) in [5.74, 6) is 0.355. The summed E-state index contributed by atoms with van der Waals surface area (Å²) < 4.78 is 65.2. The van der Waals surface area contributed by atoms with Gasteiger partial charge in [0.2, 0.25) is 0 Å². The van der Waals surface area contributed by atoms with Gasteiger partial charge in [-0.05, 0) is 64.3 Å². The van der Waals surface area contributed by atoms with Crippen LogP contribution in [0.15, 0.2) is 24.3 Å². The van der Waals surface area contributed by atoms with Gasteiger partial charge in [0.05, 0.1) is 24.5 Å². The number of carbonyl (C=O) groups is 1. The van der Waals surface area contributed by atoms with Crippen molar-refractivity contribution in [2.45, 2.75) is 64.4 Å². The molecule has 3 aromatic rings. The Morgan fingerprint density at radius 3 is 2.53 bits per heavy atom. The predicted molar refractivity (Wildman–Crippen MR) is 155 cm³/mol. The van der Waals surface area contributed by atoms with Gasteiger partial charge >= 0.3 is 12.1 Å². The van der Waals surface area contributed by atoms with Crippen molar-refractivity contribution in [1.29, 1.82) is 0 Å². The minimum Gasteiger partial charge on any atom is -0.467 e. The van der Waals surface area contributed by atoms with Crippen molar-refractivity contribution in [3.63, 3.8) is 0 Å². The maximum Gasteiger partial charge on any atom is 0.416 e. The topological polar surface area (TPSA) is 92.7 Å². The number of aromatic nitrogens is 3. The summed E-state index contributed by atoms with van der Waals surface area (Å²) in [6.45, 7) is 6.52. The van der Waals surface area contributed by atoms with Gasteiger partial charge in [-0.25, -0.2) is 24.1 Å². The van der Waals surface area contributed by atoms with Gasteiger partial charge in [0.25, 0.3) is 0 Å². The van der Waals surface area contributed by atoms with Crippen LogP contribution in [-0.4, -0.2) is 71.3 Å². The summed E-state index contributed by atoms with van der Waals surface area (Å²) in [4.78, 5) is 30.2. The van der Waals surface area contributed by atoms with Crippen LogP contribution in [0.4, 0.5) is 34.3 Å². The van der Waals surface area contributed by atoms with Crippen molar-refractivity contribution < 1.29 is 31.8 Å². The Bertz CT molecular complexity index is 1440. The Morgan fingerprint density at radius 1 is 1.09 bits per heavy atom. The summed E-state index contributed by atoms with van der Waals surface area (Å²) in [5, 5.41) is 3.66. The third kappa shape index (κ3) is 7.78. The van der Waals surface area contributed by atoms with Crippen LogP contribution >= 0.6 is 11.3 Å². The zero-order valence-corrected chi connectivity index (χ0v) is 25.0. The number of esters is 1. The number of nitrogens with one attached hydrogen (secondary N) is 1. The van der Waals surface area contributed by atoms with Gasteiger partial charge in [-0.15, -0.1) is 0 Å². The van der Waals surface area contributed by atoms with Crippen LogP contribution in [0.1, 0.15) is 48.9 Å². The number of aryl methyl sites for hydroxylation is 1. The van der Waals surface area contributed by atoms with E-state index < -0.39 is 23.5 Å². The summed E-state index contributed by atoms with van der Waals surface area (Å²) in [6.07, 6.45) is -1.24. The Kier molecular flexibility index (Phi) is 9.47. The SMILES string of the molecule is COC(=O)COC1CCN(c2cc(Nc3nc(-c4cc(F)cc(C(F)(F)F)c4)c(CN4CCC[C@H]4C)s3)nc(C)n2)CC1. The molecule has 0 aliphatic carbocycles. The summed E-state index contributed by atoms with van der Waals surface area (Å²) >= 11 is 1.32. The highest BCUT2D eigenvalue weighted by Gasteiger charge is 2.32. The number of likely N-dealkylation sites (tertiary alicyclic amines) is 1. The van der Waals surface area contributed by atoms with Gasteiger partial charge in [-0.3, -0.25) is 4.90 Å². The second-order valence-corrected chi connectivity index (χ2v) is 11.9. The van der Waals surface area contributed by atoms with E-state index in [-0.39, 0.29) is 18.3 Å². The highest BCUT2D eigenvalue weighted by molar-refractivity contribution is 7.16. The molecule has 2 aliphatic rings. The van der Waals surface area contributed by atoms with Gasteiger partial charge in [0, 0.05) is 42.2 Å². The average molecular weight is 623 g/mol. The molecule has 9 nitrogen and oxygen atoms in total. The molecule has 5 rings (SSSR count). The van der Waals surface area contributed by atoms with E-state index in [1.54, 1.807) is 13.0 Å². The largest absolute Gasteiger partial charge is 0.467 e. The number of halogens is 4. The quantitative estimate of drug-likeness (QED) is 0.230. The molecule has 1 atom stereocenters. The molecule has 0 spiro atoms. The minimum absolute atomic E-state index is 0.0537. The number of rotatable bonds is 9. The molecular formula is C29H34F4N6O3S. The van der Waals surface area contributed by atoms with Crippen LogP contribution in [0.25, 0.3) is 11.3 Å². The maximum atomic E-state index is 14.4. The van der Waals surface area contributed by atoms with E-state index in [2.05, 4.69) is 41.7 Å². The number of benzene rings is 1. The molecule has 232 valence electrons. The summed E-state index contributed by atoms with van der Waals surface area (Å²) in [6, 6.07) is 4.67. The smallest absolute Gasteiger partial charge is 0.416 e. The maximum absolute atomic E-state index is 14.4. The van der Waals surface area contributed by atoms with Gasteiger partial charge in [0.1, 0.15) is 29.9 Å². The lowest BCUT2D eigenvalue weighted by Crippen LogP contribution is -2.38. The van der Waals surface area contributed by atoms with E-state index in [0.29, 0.717) is 72.9 Å². The van der Waals surface area contributed by atoms with Crippen molar-refractivity contribution in [3.05, 3.63) is 46.3 Å². The summed E-state index contributed by atoms with van der Waals surface area (Å²) in [5.41, 5.74) is -0.659. The fourth-order valence-electron chi connectivity index (χ4n) is 5.42. The first-order chi connectivity index (χ1) is 20.5. The van der Waals surface area contributed by atoms with Gasteiger partial charge in [0.15, 0.2) is 5.13 Å². The van der Waals surface area contributed by atoms with Gasteiger partial charge < -0.3 is 19.7 Å². The van der Waals surface area contributed by atoms with Crippen molar-refractivity contribution >= 4 is 34.1 Å². The molecule has 4 heterocycles. The molecule has 14 heteroatoms. The first-order valence-corrected chi connectivity index (χ1v) is 15.0. The molecule has 1 aromatic carbocycles. The lowest BCUT2D eigenvalue weighted by molar-refractivity contribution is -0.148. The standard InChI is InChI=1S/C29H34F4N6O3S/c1-17-5-4-8-39(17)15-23-27(19-11-20(29(31,32)33)13-21(30)12-19)37-28(43-23)36-24-14-25(35-18(2)34-24)38-9-6-22(7-10-38)42-16-26(40)41-3/h11-14,17,22H,4-10,15-16H2,1-3H3,(H,34,35,36,37)/t17-/m1/s1. The third-order valence-electron chi connectivity index (χ3n) is 7.72. The van der Waals surface area contributed by atoms with E-state index in [0.717, 1.165) is 36.4 Å². The lowest BCUT2D eigenvalue weighted by Gasteiger charge is -2.32. The van der Waals surface area contributed by atoms with Crippen LogP contribution in [-0.2, 0) is 27.0 Å². The molecule has 43 heavy (non-hydrogen) atoms. The molecular weight excluding hydrogens is 588 g/mol. The molecule has 0 unspecified atom stereocenters. The fourth-order valence-corrected chi connectivity index (χ4v) is 6.44. The molecule has 0 bridgehead atoms. The lowest BCUT2D eigenvalue weighted by atomic mass is 10.1. The monoisotopic (exact) mass is 622 g/mol. The molecule has 2 saturated heterocycles. The van der Waals surface area contributed by atoms with Gasteiger partial charge in [-0.1, -0.05) is 11.3 Å². The van der Waals surface area contributed by atoms with Crippen molar-refractivity contribution in [3.8, 4) is 11.3 Å². The Balaban J connectivity index is 1.38. The zero-order valence-electron chi connectivity index (χ0n) is 24.2. The number of hydrogen-bond donors (Lipinski definition) is 1. The Morgan fingerprint density at radius 2 is 1.86 bits per heavy atom. The van der Waals surface area contributed by atoms with Crippen molar-refractivity contribution in [2.24, 2.45) is 0 Å². The Hall–Kier alpha value is -3.36. The second kappa shape index (κ2) is 13.1. The van der Waals surface area contributed by atoms with E-state index in [9.17, 15) is 22.4 Å². The number of thiazole rings is 1. The van der Waals surface area contributed by atoms with Crippen LogP contribution in [0.2, 0.25) is 0 Å². The van der Waals surface area contributed by atoms with Crippen LogP contribution in [0.5, 0.6) is 0 Å². The molecule has 2 aliphatic heterocycles. The number of hydrogen-bond acceptors (Lipinski definition) is 10. The average Bonchev–Trinajstić information content (AvgIpc) is 3.56. The Labute approximate surface area is 251 Å². The number of ether oxygens (including phenoxy) is 2. The first-order valence-electron chi connectivity index (χ1n) is 14.2. The van der Waals surface area contributed by atoms with Crippen LogP contribution in [0, 0.1) is 12.7 Å². The van der Waals surface area contributed by atoms with E-state index in [1.165, 1.54) is 18.4 Å².